The largest absolute Gasteiger partial charge is 0.385 e. The van der Waals surface area contributed by atoms with Gasteiger partial charge in [-0.05, 0) is 25.7 Å². The smallest absolute Gasteiger partial charge is 0.0809 e. The number of rotatable bonds is 36. The van der Waals surface area contributed by atoms with Crippen molar-refractivity contribution in [2.45, 2.75) is 238 Å². The van der Waals surface area contributed by atoms with Gasteiger partial charge in [0.2, 0.25) is 0 Å². The summed E-state index contributed by atoms with van der Waals surface area (Å²) in [7, 11) is 1.80. The Balaban J connectivity index is 0.000000884. The molecule has 1 fully saturated rings. The summed E-state index contributed by atoms with van der Waals surface area (Å²) in [6.07, 6.45) is 48.5. The molecule has 0 aromatic heterocycles. The third kappa shape index (κ3) is 40.0. The van der Waals surface area contributed by atoms with E-state index in [2.05, 4.69) is 13.8 Å². The van der Waals surface area contributed by atoms with Crippen LogP contribution < -0.4 is 0 Å². The Bertz CT molecular complexity index is 472. The van der Waals surface area contributed by atoms with Crippen LogP contribution in [0.25, 0.3) is 0 Å². The normalized spacial score (nSPS) is 14.6. The maximum atomic E-state index is 5.71. The van der Waals surface area contributed by atoms with Gasteiger partial charge in [0.05, 0.1) is 12.7 Å². The Morgan fingerprint density at radius 1 is 0.422 bits per heavy atom. The highest BCUT2D eigenvalue weighted by Crippen LogP contribution is 2.16. The van der Waals surface area contributed by atoms with Crippen molar-refractivity contribution >= 4 is 0 Å². The van der Waals surface area contributed by atoms with Gasteiger partial charge in [-0.25, -0.2) is 0 Å². The van der Waals surface area contributed by atoms with Crippen LogP contribution in [0.1, 0.15) is 232 Å². The van der Waals surface area contributed by atoms with Crippen LogP contribution in [0.4, 0.5) is 0 Å². The maximum Gasteiger partial charge on any atom is 0.0809 e. The van der Waals surface area contributed by atoms with Gasteiger partial charge in [-0.3, -0.25) is 0 Å². The summed E-state index contributed by atoms with van der Waals surface area (Å²) >= 11 is 0. The fourth-order valence-electron chi connectivity index (χ4n) is 6.54. The molecule has 0 saturated carbocycles. The van der Waals surface area contributed by atoms with E-state index in [9.17, 15) is 0 Å². The van der Waals surface area contributed by atoms with E-state index in [1.54, 1.807) is 7.11 Å². The Hall–Kier alpha value is -0.120. The summed E-state index contributed by atoms with van der Waals surface area (Å²) in [6.45, 7) is 8.21. The summed E-state index contributed by atoms with van der Waals surface area (Å²) in [6, 6.07) is 0. The molecule has 1 atom stereocenters. The Kier molecular flexibility index (Phi) is 41.8. The molecule has 0 aliphatic carbocycles. The van der Waals surface area contributed by atoms with E-state index in [0.717, 1.165) is 26.4 Å². The Morgan fingerprint density at radius 2 is 0.733 bits per heavy atom. The van der Waals surface area contributed by atoms with Gasteiger partial charge < -0.3 is 14.2 Å². The van der Waals surface area contributed by atoms with Crippen LogP contribution in [0.3, 0.4) is 0 Å². The van der Waals surface area contributed by atoms with Crippen LogP contribution >= 0.6 is 0 Å². The highest BCUT2D eigenvalue weighted by molar-refractivity contribution is 4.63. The van der Waals surface area contributed by atoms with Gasteiger partial charge in [-0.1, -0.05) is 206 Å². The van der Waals surface area contributed by atoms with E-state index in [4.69, 9.17) is 14.2 Å². The van der Waals surface area contributed by atoms with Crippen LogP contribution in [0.2, 0.25) is 0 Å². The molecular formula is C42H86O3. The molecule has 1 heterocycles. The molecule has 0 N–H and O–H groups in total. The van der Waals surface area contributed by atoms with E-state index in [1.807, 2.05) is 0 Å². The molecule has 45 heavy (non-hydrogen) atoms. The lowest BCUT2D eigenvalue weighted by Crippen LogP contribution is -2.14. The SMILES string of the molecule is CCCCCCCCCCCCCCCCCCOC.CCCCCCCCCCCCCCCCCCOCC1CCCO1. The lowest BCUT2D eigenvalue weighted by Gasteiger charge is -2.09. The molecule has 0 bridgehead atoms. The first-order valence-corrected chi connectivity index (χ1v) is 21.0. The van der Waals surface area contributed by atoms with Crippen molar-refractivity contribution in [1.29, 1.82) is 0 Å². The minimum atomic E-state index is 0.390. The molecule has 0 aromatic rings. The van der Waals surface area contributed by atoms with Crippen LogP contribution in [0.15, 0.2) is 0 Å². The number of ether oxygens (including phenoxy) is 3. The van der Waals surface area contributed by atoms with Crippen molar-refractivity contribution in [3.8, 4) is 0 Å². The van der Waals surface area contributed by atoms with Crippen LogP contribution in [-0.4, -0.2) is 39.6 Å². The molecule has 1 unspecified atom stereocenters. The summed E-state index contributed by atoms with van der Waals surface area (Å²) in [4.78, 5) is 0. The monoisotopic (exact) mass is 639 g/mol. The van der Waals surface area contributed by atoms with Gasteiger partial charge in [0.15, 0.2) is 0 Å². The molecule has 0 radical (unpaired) electrons. The van der Waals surface area contributed by atoms with Crippen molar-refractivity contribution in [1.82, 2.24) is 0 Å². The standard InChI is InChI=1S/C23H46O2.C19H40O/c1-2-3-4-5-6-7-8-9-10-11-12-13-14-15-16-17-20-24-22-23-19-18-21-25-23;1-3-4-5-6-7-8-9-10-11-12-13-14-15-16-17-18-19-20-2/h23H,2-22H2,1H3;3-19H2,1-2H3. The van der Waals surface area contributed by atoms with Gasteiger partial charge in [0.1, 0.15) is 0 Å². The van der Waals surface area contributed by atoms with Gasteiger partial charge in [-0.15, -0.1) is 0 Å². The number of unbranched alkanes of at least 4 members (excludes halogenated alkanes) is 30. The fourth-order valence-corrected chi connectivity index (χ4v) is 6.54. The quantitative estimate of drug-likeness (QED) is 0.0639. The lowest BCUT2D eigenvalue weighted by atomic mass is 10.0. The molecule has 3 nitrogen and oxygen atoms in total. The van der Waals surface area contributed by atoms with Crippen molar-refractivity contribution in [3.63, 3.8) is 0 Å². The van der Waals surface area contributed by atoms with E-state index in [-0.39, 0.29) is 0 Å². The first-order valence-electron chi connectivity index (χ1n) is 21.0. The van der Waals surface area contributed by atoms with Gasteiger partial charge in [0, 0.05) is 26.9 Å². The van der Waals surface area contributed by atoms with Crippen molar-refractivity contribution in [2.24, 2.45) is 0 Å². The molecule has 0 spiro atoms. The lowest BCUT2D eigenvalue weighted by molar-refractivity contribution is 0.0161. The van der Waals surface area contributed by atoms with Gasteiger partial charge in [-0.2, -0.15) is 0 Å². The molecule has 1 saturated heterocycles. The Morgan fingerprint density at radius 3 is 1.02 bits per heavy atom. The maximum absolute atomic E-state index is 5.71. The second kappa shape index (κ2) is 41.9. The number of methoxy groups -OCH3 is 1. The van der Waals surface area contributed by atoms with Gasteiger partial charge in [0.25, 0.3) is 0 Å². The number of hydrogen-bond donors (Lipinski definition) is 0. The molecular weight excluding hydrogens is 552 g/mol. The highest BCUT2D eigenvalue weighted by Gasteiger charge is 2.14. The molecule has 1 rings (SSSR count). The van der Waals surface area contributed by atoms with Crippen LogP contribution in [-0.2, 0) is 14.2 Å². The molecule has 3 heteroatoms. The van der Waals surface area contributed by atoms with E-state index in [0.29, 0.717) is 6.10 Å². The predicted molar refractivity (Wildman–Crippen MR) is 201 cm³/mol. The third-order valence-electron chi connectivity index (χ3n) is 9.67. The fraction of sp³-hybridized carbons (Fsp3) is 1.00. The van der Waals surface area contributed by atoms with Crippen LogP contribution in [0.5, 0.6) is 0 Å². The van der Waals surface area contributed by atoms with E-state index in [1.165, 1.54) is 218 Å². The number of hydrogen-bond acceptors (Lipinski definition) is 3. The molecule has 1 aliphatic heterocycles. The highest BCUT2D eigenvalue weighted by atomic mass is 16.5. The topological polar surface area (TPSA) is 27.7 Å². The van der Waals surface area contributed by atoms with E-state index >= 15 is 0 Å². The predicted octanol–water partition coefficient (Wildman–Crippen LogP) is 14.3. The average Bonchev–Trinajstić information content (AvgIpc) is 3.58. The first-order chi connectivity index (χ1) is 22.3. The summed E-state index contributed by atoms with van der Waals surface area (Å²) in [5.41, 5.74) is 0. The van der Waals surface area contributed by atoms with Gasteiger partial charge >= 0.3 is 0 Å². The molecule has 0 aromatic carbocycles. The van der Waals surface area contributed by atoms with Crippen molar-refractivity contribution in [3.05, 3.63) is 0 Å². The molecule has 1 aliphatic rings. The second-order valence-electron chi connectivity index (χ2n) is 14.3. The average molecular weight is 639 g/mol. The zero-order valence-corrected chi connectivity index (χ0v) is 31.7. The minimum Gasteiger partial charge on any atom is -0.385 e. The molecule has 272 valence electrons. The van der Waals surface area contributed by atoms with Crippen molar-refractivity contribution < 1.29 is 14.2 Å². The summed E-state index contributed by atoms with van der Waals surface area (Å²) in [5, 5.41) is 0. The second-order valence-corrected chi connectivity index (χ2v) is 14.3. The molecule has 0 amide bonds. The summed E-state index contributed by atoms with van der Waals surface area (Å²) < 4.78 is 16.3. The van der Waals surface area contributed by atoms with E-state index < -0.39 is 0 Å². The zero-order valence-electron chi connectivity index (χ0n) is 31.7. The Labute approximate surface area is 285 Å². The van der Waals surface area contributed by atoms with Crippen LogP contribution in [0, 0.1) is 0 Å². The third-order valence-corrected chi connectivity index (χ3v) is 9.67. The summed E-state index contributed by atoms with van der Waals surface area (Å²) in [5.74, 6) is 0. The minimum absolute atomic E-state index is 0.390. The van der Waals surface area contributed by atoms with Crippen molar-refractivity contribution in [2.75, 3.05) is 33.5 Å². The zero-order chi connectivity index (χ0) is 32.6. The first kappa shape index (κ1) is 44.9.